The van der Waals surface area contributed by atoms with Gasteiger partial charge in [0.05, 0.1) is 0 Å². The molecule has 0 spiro atoms. The third-order valence-electron chi connectivity index (χ3n) is 5.54. The molecule has 2 N–H and O–H groups in total. The van der Waals surface area contributed by atoms with Gasteiger partial charge >= 0.3 is 0 Å². The van der Waals surface area contributed by atoms with Crippen molar-refractivity contribution >= 4 is 0 Å². The Kier molecular flexibility index (Phi) is 5.04. The van der Waals surface area contributed by atoms with Gasteiger partial charge < -0.3 is 15.2 Å². The summed E-state index contributed by atoms with van der Waals surface area (Å²) in [5.74, 6) is 3.55. The van der Waals surface area contributed by atoms with E-state index in [-0.39, 0.29) is 0 Å². The molecule has 0 unspecified atom stereocenters. The molecule has 0 saturated heterocycles. The minimum atomic E-state index is -0.457. The van der Waals surface area contributed by atoms with Crippen LogP contribution in [0.1, 0.15) is 38.2 Å². The normalized spacial score (nSPS) is 29.5. The molecule has 2 saturated carbocycles. The molecule has 2 fully saturated rings. The van der Waals surface area contributed by atoms with Gasteiger partial charge in [0, 0.05) is 12.6 Å². The standard InChI is InChI=1S/C19H29NO2/c1-13-4-3-5-18(8-13)22-12-17(21)11-20-14(2)19-10-15-6-7-16(19)9-15/h3-5,8,14-17,19-21H,6-7,9-12H2,1-2H3/t14-,15+,16+,17+,19-/m0/s1. The topological polar surface area (TPSA) is 41.5 Å². The number of nitrogens with one attached hydrogen (secondary N) is 1. The molecular formula is C19H29NO2. The fraction of sp³-hybridized carbons (Fsp3) is 0.684. The number of benzene rings is 1. The van der Waals surface area contributed by atoms with E-state index in [0.717, 1.165) is 23.5 Å². The molecule has 0 radical (unpaired) electrons. The number of ether oxygens (including phenoxy) is 1. The Bertz CT molecular complexity index is 490. The molecule has 1 aromatic carbocycles. The van der Waals surface area contributed by atoms with Crippen LogP contribution < -0.4 is 10.1 Å². The minimum absolute atomic E-state index is 0.347. The van der Waals surface area contributed by atoms with Gasteiger partial charge in [-0.1, -0.05) is 18.6 Å². The fourth-order valence-electron chi connectivity index (χ4n) is 4.34. The molecule has 3 nitrogen and oxygen atoms in total. The minimum Gasteiger partial charge on any atom is -0.491 e. The Morgan fingerprint density at radius 2 is 2.18 bits per heavy atom. The summed E-state index contributed by atoms with van der Waals surface area (Å²) in [7, 11) is 0. The zero-order valence-electron chi connectivity index (χ0n) is 13.8. The van der Waals surface area contributed by atoms with E-state index in [1.54, 1.807) is 0 Å². The van der Waals surface area contributed by atoms with Gasteiger partial charge in [-0.3, -0.25) is 0 Å². The Balaban J connectivity index is 1.38. The van der Waals surface area contributed by atoms with Crippen molar-refractivity contribution in [2.75, 3.05) is 13.2 Å². The molecule has 2 aliphatic rings. The number of fused-ring (bicyclic) bond motifs is 2. The van der Waals surface area contributed by atoms with Crippen molar-refractivity contribution < 1.29 is 9.84 Å². The first-order chi connectivity index (χ1) is 10.6. The Hall–Kier alpha value is -1.06. The van der Waals surface area contributed by atoms with E-state index in [9.17, 15) is 5.11 Å². The van der Waals surface area contributed by atoms with Crippen molar-refractivity contribution in [2.24, 2.45) is 17.8 Å². The highest BCUT2D eigenvalue weighted by Crippen LogP contribution is 2.49. The van der Waals surface area contributed by atoms with Crippen LogP contribution >= 0.6 is 0 Å². The highest BCUT2D eigenvalue weighted by molar-refractivity contribution is 5.27. The molecule has 3 heteroatoms. The Labute approximate surface area is 134 Å². The number of aliphatic hydroxyl groups excluding tert-OH is 1. The molecule has 0 amide bonds. The lowest BCUT2D eigenvalue weighted by molar-refractivity contribution is 0.0993. The number of aliphatic hydroxyl groups is 1. The SMILES string of the molecule is Cc1cccc(OC[C@H](O)CN[C@@H](C)[C@@H]2C[C@@H]3CC[C@@H]2C3)c1. The van der Waals surface area contributed by atoms with Crippen LogP contribution in [0.2, 0.25) is 0 Å². The zero-order chi connectivity index (χ0) is 15.5. The second kappa shape index (κ2) is 7.01. The largest absolute Gasteiger partial charge is 0.491 e. The lowest BCUT2D eigenvalue weighted by atomic mass is 9.84. The van der Waals surface area contributed by atoms with Crippen molar-refractivity contribution in [3.05, 3.63) is 29.8 Å². The Morgan fingerprint density at radius 1 is 1.32 bits per heavy atom. The summed E-state index contributed by atoms with van der Waals surface area (Å²) in [6, 6.07) is 8.46. The van der Waals surface area contributed by atoms with E-state index < -0.39 is 6.10 Å². The predicted octanol–water partition coefficient (Wildman–Crippen LogP) is 3.15. The van der Waals surface area contributed by atoms with Crippen molar-refractivity contribution in [1.29, 1.82) is 0 Å². The van der Waals surface area contributed by atoms with Gasteiger partial charge in [-0.05, 0) is 68.6 Å². The van der Waals surface area contributed by atoms with Gasteiger partial charge in [-0.2, -0.15) is 0 Å². The van der Waals surface area contributed by atoms with Gasteiger partial charge in [-0.15, -0.1) is 0 Å². The quantitative estimate of drug-likeness (QED) is 0.813. The molecule has 3 rings (SSSR count). The van der Waals surface area contributed by atoms with Gasteiger partial charge in [-0.25, -0.2) is 0 Å². The molecule has 1 aromatic rings. The van der Waals surface area contributed by atoms with Crippen LogP contribution in [0.3, 0.4) is 0 Å². The summed E-state index contributed by atoms with van der Waals surface area (Å²) < 4.78 is 5.67. The molecule has 122 valence electrons. The van der Waals surface area contributed by atoms with Crippen molar-refractivity contribution in [3.63, 3.8) is 0 Å². The molecule has 0 aliphatic heterocycles. The molecule has 5 atom stereocenters. The fourth-order valence-corrected chi connectivity index (χ4v) is 4.34. The van der Waals surface area contributed by atoms with E-state index in [1.807, 2.05) is 31.2 Å². The summed E-state index contributed by atoms with van der Waals surface area (Å²) in [4.78, 5) is 0. The van der Waals surface area contributed by atoms with E-state index >= 15 is 0 Å². The maximum atomic E-state index is 10.1. The third-order valence-corrected chi connectivity index (χ3v) is 5.54. The number of rotatable bonds is 7. The molecule has 0 heterocycles. The van der Waals surface area contributed by atoms with Crippen LogP contribution in [0.15, 0.2) is 24.3 Å². The van der Waals surface area contributed by atoms with Crippen LogP contribution in [0.5, 0.6) is 5.75 Å². The second-order valence-electron chi connectivity index (χ2n) is 7.32. The first-order valence-corrected chi connectivity index (χ1v) is 8.72. The van der Waals surface area contributed by atoms with Crippen LogP contribution in [0, 0.1) is 24.7 Å². The van der Waals surface area contributed by atoms with Crippen LogP contribution in [-0.4, -0.2) is 30.4 Å². The van der Waals surface area contributed by atoms with Crippen LogP contribution in [0.25, 0.3) is 0 Å². The van der Waals surface area contributed by atoms with E-state index in [1.165, 1.54) is 31.2 Å². The van der Waals surface area contributed by atoms with Gasteiger partial charge in [0.2, 0.25) is 0 Å². The summed E-state index contributed by atoms with van der Waals surface area (Å²) in [5.41, 5.74) is 1.18. The lowest BCUT2D eigenvalue weighted by Crippen LogP contribution is -2.41. The van der Waals surface area contributed by atoms with Gasteiger partial charge in [0.1, 0.15) is 18.5 Å². The average molecular weight is 303 g/mol. The zero-order valence-corrected chi connectivity index (χ0v) is 13.8. The predicted molar refractivity (Wildman–Crippen MR) is 89.1 cm³/mol. The molecule has 2 bridgehead atoms. The maximum Gasteiger partial charge on any atom is 0.119 e. The molecule has 22 heavy (non-hydrogen) atoms. The smallest absolute Gasteiger partial charge is 0.119 e. The van der Waals surface area contributed by atoms with Gasteiger partial charge in [0.25, 0.3) is 0 Å². The number of hydrogen-bond donors (Lipinski definition) is 2. The van der Waals surface area contributed by atoms with Gasteiger partial charge in [0.15, 0.2) is 0 Å². The summed E-state index contributed by atoms with van der Waals surface area (Å²) in [5, 5.41) is 13.6. The summed E-state index contributed by atoms with van der Waals surface area (Å²) >= 11 is 0. The number of aryl methyl sites for hydroxylation is 1. The van der Waals surface area contributed by atoms with Crippen LogP contribution in [-0.2, 0) is 0 Å². The first kappa shape index (κ1) is 15.8. The summed E-state index contributed by atoms with van der Waals surface area (Å²) in [6.07, 6.45) is 5.23. The van der Waals surface area contributed by atoms with Crippen molar-refractivity contribution in [3.8, 4) is 5.75 Å². The van der Waals surface area contributed by atoms with E-state index in [4.69, 9.17) is 4.74 Å². The monoisotopic (exact) mass is 303 g/mol. The Morgan fingerprint density at radius 3 is 2.86 bits per heavy atom. The second-order valence-corrected chi connectivity index (χ2v) is 7.32. The highest BCUT2D eigenvalue weighted by atomic mass is 16.5. The molecule has 0 aromatic heterocycles. The van der Waals surface area contributed by atoms with Crippen molar-refractivity contribution in [1.82, 2.24) is 5.32 Å². The van der Waals surface area contributed by atoms with E-state index in [2.05, 4.69) is 12.2 Å². The highest BCUT2D eigenvalue weighted by Gasteiger charge is 2.41. The lowest BCUT2D eigenvalue weighted by Gasteiger charge is -2.29. The third kappa shape index (κ3) is 3.82. The average Bonchev–Trinajstić information content (AvgIpc) is 3.13. The molecular weight excluding hydrogens is 274 g/mol. The van der Waals surface area contributed by atoms with E-state index in [0.29, 0.717) is 19.2 Å². The van der Waals surface area contributed by atoms with Crippen LogP contribution in [0.4, 0.5) is 0 Å². The summed E-state index contributed by atoms with van der Waals surface area (Å²) in [6.45, 7) is 5.28. The number of hydrogen-bond acceptors (Lipinski definition) is 3. The molecule has 2 aliphatic carbocycles. The first-order valence-electron chi connectivity index (χ1n) is 8.72. The maximum absolute atomic E-state index is 10.1. The van der Waals surface area contributed by atoms with Crippen molar-refractivity contribution in [2.45, 2.75) is 51.7 Å².